The molecule has 1 aromatic carbocycles. The van der Waals surface area contributed by atoms with E-state index in [9.17, 15) is 0 Å². The van der Waals surface area contributed by atoms with E-state index < -0.39 is 0 Å². The Balaban J connectivity index is 1.44. The van der Waals surface area contributed by atoms with Crippen LogP contribution in [-0.4, -0.2) is 52.5 Å². The van der Waals surface area contributed by atoms with Crippen molar-refractivity contribution >= 4 is 5.69 Å². The number of ether oxygens (including phenoxy) is 1. The van der Waals surface area contributed by atoms with Gasteiger partial charge in [0.05, 0.1) is 19.3 Å². The molecule has 2 aliphatic rings. The SMILES string of the molecule is Cn1cnnc1C1CCCN1Cc1ccc(N2CCOCC2)cc1. The van der Waals surface area contributed by atoms with Crippen LogP contribution in [0.4, 0.5) is 5.69 Å². The van der Waals surface area contributed by atoms with E-state index in [0.717, 1.165) is 45.2 Å². The number of nitrogens with zero attached hydrogens (tertiary/aromatic N) is 5. The lowest BCUT2D eigenvalue weighted by Gasteiger charge is -2.29. The van der Waals surface area contributed by atoms with E-state index in [4.69, 9.17) is 4.74 Å². The Labute approximate surface area is 143 Å². The van der Waals surface area contributed by atoms with Gasteiger partial charge in [-0.25, -0.2) is 0 Å². The number of benzene rings is 1. The predicted molar refractivity (Wildman–Crippen MR) is 92.9 cm³/mol. The Morgan fingerprint density at radius 3 is 2.62 bits per heavy atom. The summed E-state index contributed by atoms with van der Waals surface area (Å²) in [4.78, 5) is 4.92. The van der Waals surface area contributed by atoms with Gasteiger partial charge in [0, 0.05) is 32.4 Å². The Kier molecular flexibility index (Phi) is 4.49. The zero-order chi connectivity index (χ0) is 16.4. The molecule has 1 unspecified atom stereocenters. The maximum atomic E-state index is 5.43. The fraction of sp³-hybridized carbons (Fsp3) is 0.556. The van der Waals surface area contributed by atoms with Gasteiger partial charge >= 0.3 is 0 Å². The van der Waals surface area contributed by atoms with Crippen LogP contribution < -0.4 is 4.90 Å². The van der Waals surface area contributed by atoms with Crippen LogP contribution in [0.2, 0.25) is 0 Å². The monoisotopic (exact) mass is 327 g/mol. The highest BCUT2D eigenvalue weighted by atomic mass is 16.5. The van der Waals surface area contributed by atoms with Gasteiger partial charge in [-0.3, -0.25) is 4.90 Å². The van der Waals surface area contributed by atoms with Crippen molar-refractivity contribution in [2.24, 2.45) is 7.05 Å². The summed E-state index contributed by atoms with van der Waals surface area (Å²) in [7, 11) is 2.03. The normalized spacial score (nSPS) is 22.2. The molecular weight excluding hydrogens is 302 g/mol. The number of anilines is 1. The molecule has 3 heterocycles. The third-order valence-corrected chi connectivity index (χ3v) is 5.11. The molecule has 24 heavy (non-hydrogen) atoms. The zero-order valence-electron chi connectivity index (χ0n) is 14.3. The van der Waals surface area contributed by atoms with E-state index in [0.29, 0.717) is 6.04 Å². The van der Waals surface area contributed by atoms with Crippen molar-refractivity contribution in [3.05, 3.63) is 42.0 Å². The van der Waals surface area contributed by atoms with Crippen LogP contribution in [0.15, 0.2) is 30.6 Å². The number of rotatable bonds is 4. The molecule has 4 rings (SSSR count). The summed E-state index contributed by atoms with van der Waals surface area (Å²) in [6, 6.07) is 9.40. The number of aryl methyl sites for hydroxylation is 1. The van der Waals surface area contributed by atoms with E-state index in [1.54, 1.807) is 6.33 Å². The van der Waals surface area contributed by atoms with Crippen molar-refractivity contribution in [2.75, 3.05) is 37.7 Å². The van der Waals surface area contributed by atoms with Crippen molar-refractivity contribution in [2.45, 2.75) is 25.4 Å². The molecule has 2 saturated heterocycles. The molecule has 2 aliphatic heterocycles. The standard InChI is InChI=1S/C18H25N5O/c1-21-14-19-20-18(21)17-3-2-8-23(17)13-15-4-6-16(7-5-15)22-9-11-24-12-10-22/h4-7,14,17H,2-3,8-13H2,1H3. The minimum Gasteiger partial charge on any atom is -0.378 e. The van der Waals surface area contributed by atoms with Crippen LogP contribution >= 0.6 is 0 Å². The second kappa shape index (κ2) is 6.91. The molecule has 2 aromatic rings. The lowest BCUT2D eigenvalue weighted by Crippen LogP contribution is -2.36. The molecule has 1 atom stereocenters. The first kappa shape index (κ1) is 15.6. The predicted octanol–water partition coefficient (Wildman–Crippen LogP) is 1.99. The van der Waals surface area contributed by atoms with Crippen LogP contribution in [0.3, 0.4) is 0 Å². The average molecular weight is 327 g/mol. The number of likely N-dealkylation sites (tertiary alicyclic amines) is 1. The maximum absolute atomic E-state index is 5.43. The fourth-order valence-electron chi connectivity index (χ4n) is 3.77. The van der Waals surface area contributed by atoms with E-state index in [1.807, 2.05) is 11.6 Å². The molecule has 128 valence electrons. The summed E-state index contributed by atoms with van der Waals surface area (Å²) < 4.78 is 7.48. The number of hydrogen-bond acceptors (Lipinski definition) is 5. The van der Waals surface area contributed by atoms with Gasteiger partial charge in [-0.2, -0.15) is 0 Å². The second-order valence-corrected chi connectivity index (χ2v) is 6.69. The zero-order valence-corrected chi connectivity index (χ0v) is 14.3. The van der Waals surface area contributed by atoms with Crippen molar-refractivity contribution in [3.8, 4) is 0 Å². The Hall–Kier alpha value is -1.92. The van der Waals surface area contributed by atoms with Crippen molar-refractivity contribution in [1.29, 1.82) is 0 Å². The highest BCUT2D eigenvalue weighted by Gasteiger charge is 2.29. The first-order valence-electron chi connectivity index (χ1n) is 8.81. The fourth-order valence-corrected chi connectivity index (χ4v) is 3.77. The van der Waals surface area contributed by atoms with Crippen molar-refractivity contribution < 1.29 is 4.74 Å². The molecule has 0 bridgehead atoms. The third kappa shape index (κ3) is 3.16. The molecule has 1 aromatic heterocycles. The molecule has 6 nitrogen and oxygen atoms in total. The van der Waals surface area contributed by atoms with Crippen LogP contribution in [0, 0.1) is 0 Å². The summed E-state index contributed by atoms with van der Waals surface area (Å²) >= 11 is 0. The summed E-state index contributed by atoms with van der Waals surface area (Å²) in [5.41, 5.74) is 2.66. The maximum Gasteiger partial charge on any atom is 0.149 e. The van der Waals surface area contributed by atoms with Crippen molar-refractivity contribution in [3.63, 3.8) is 0 Å². The highest BCUT2D eigenvalue weighted by molar-refractivity contribution is 5.47. The smallest absolute Gasteiger partial charge is 0.149 e. The first-order valence-corrected chi connectivity index (χ1v) is 8.81. The summed E-state index contributed by atoms with van der Waals surface area (Å²) in [6.07, 6.45) is 4.19. The van der Waals surface area contributed by atoms with Crippen LogP contribution in [0.5, 0.6) is 0 Å². The molecule has 0 amide bonds. The molecule has 6 heteroatoms. The minimum absolute atomic E-state index is 0.386. The highest BCUT2D eigenvalue weighted by Crippen LogP contribution is 2.32. The lowest BCUT2D eigenvalue weighted by molar-refractivity contribution is 0.122. The molecule has 2 fully saturated rings. The van der Waals surface area contributed by atoms with Gasteiger partial charge in [0.25, 0.3) is 0 Å². The van der Waals surface area contributed by atoms with Gasteiger partial charge in [0.15, 0.2) is 0 Å². The Bertz CT molecular complexity index is 662. The topological polar surface area (TPSA) is 46.4 Å². The largest absolute Gasteiger partial charge is 0.378 e. The third-order valence-electron chi connectivity index (χ3n) is 5.11. The van der Waals surface area contributed by atoms with E-state index in [2.05, 4.69) is 44.3 Å². The molecule has 0 saturated carbocycles. The van der Waals surface area contributed by atoms with Gasteiger partial charge in [-0.1, -0.05) is 12.1 Å². The second-order valence-electron chi connectivity index (χ2n) is 6.69. The van der Waals surface area contributed by atoms with E-state index in [-0.39, 0.29) is 0 Å². The average Bonchev–Trinajstić information content (AvgIpc) is 3.25. The number of aromatic nitrogens is 3. The quantitative estimate of drug-likeness (QED) is 0.859. The van der Waals surface area contributed by atoms with Crippen LogP contribution in [0.25, 0.3) is 0 Å². The minimum atomic E-state index is 0.386. The van der Waals surface area contributed by atoms with Gasteiger partial charge in [-0.05, 0) is 37.1 Å². The molecule has 0 spiro atoms. The van der Waals surface area contributed by atoms with E-state index >= 15 is 0 Å². The summed E-state index contributed by atoms with van der Waals surface area (Å²) in [5, 5.41) is 8.36. The molecular formula is C18H25N5O. The van der Waals surface area contributed by atoms with E-state index in [1.165, 1.54) is 24.1 Å². The van der Waals surface area contributed by atoms with Crippen LogP contribution in [0.1, 0.15) is 30.3 Å². The molecule has 0 N–H and O–H groups in total. The van der Waals surface area contributed by atoms with Gasteiger partial charge in [-0.15, -0.1) is 10.2 Å². The molecule has 0 aliphatic carbocycles. The molecule has 0 radical (unpaired) electrons. The lowest BCUT2D eigenvalue weighted by atomic mass is 10.1. The summed E-state index contributed by atoms with van der Waals surface area (Å²) in [6.45, 7) is 5.73. The number of morpholine rings is 1. The van der Waals surface area contributed by atoms with Gasteiger partial charge in [0.1, 0.15) is 12.2 Å². The van der Waals surface area contributed by atoms with Gasteiger partial charge < -0.3 is 14.2 Å². The summed E-state index contributed by atoms with van der Waals surface area (Å²) in [5.74, 6) is 1.08. The van der Waals surface area contributed by atoms with Crippen molar-refractivity contribution in [1.82, 2.24) is 19.7 Å². The van der Waals surface area contributed by atoms with Crippen LogP contribution in [-0.2, 0) is 18.3 Å². The first-order chi connectivity index (χ1) is 11.8. The Morgan fingerprint density at radius 1 is 1.12 bits per heavy atom. The van der Waals surface area contributed by atoms with Gasteiger partial charge in [0.2, 0.25) is 0 Å². The number of hydrogen-bond donors (Lipinski definition) is 0. The Morgan fingerprint density at radius 2 is 1.92 bits per heavy atom.